The molecule has 124 valence electrons. The van der Waals surface area contributed by atoms with Crippen molar-refractivity contribution in [1.82, 2.24) is 0 Å². The van der Waals surface area contributed by atoms with Crippen LogP contribution in [0.4, 0.5) is 0 Å². The first-order chi connectivity index (χ1) is 10.1. The summed E-state index contributed by atoms with van der Waals surface area (Å²) >= 11 is 5.93. The molecule has 1 aromatic carbocycles. The zero-order valence-corrected chi connectivity index (χ0v) is 15.0. The van der Waals surface area contributed by atoms with Gasteiger partial charge in [0.05, 0.1) is 5.75 Å². The predicted molar refractivity (Wildman–Crippen MR) is 93.1 cm³/mol. The fourth-order valence-electron chi connectivity index (χ4n) is 2.14. The van der Waals surface area contributed by atoms with Crippen molar-refractivity contribution >= 4 is 21.7 Å². The van der Waals surface area contributed by atoms with E-state index in [-0.39, 0.29) is 17.1 Å². The van der Waals surface area contributed by atoms with Crippen LogP contribution in [0.25, 0.3) is 0 Å². The van der Waals surface area contributed by atoms with Gasteiger partial charge in [0.25, 0.3) is 10.1 Å². The van der Waals surface area contributed by atoms with E-state index in [9.17, 15) is 8.42 Å². The lowest BCUT2D eigenvalue weighted by Crippen LogP contribution is -2.05. The molecule has 0 unspecified atom stereocenters. The van der Waals surface area contributed by atoms with E-state index >= 15 is 0 Å². The van der Waals surface area contributed by atoms with Crippen molar-refractivity contribution in [2.75, 3.05) is 5.75 Å². The molecule has 0 saturated heterocycles. The molecule has 0 aromatic heterocycles. The van der Waals surface area contributed by atoms with Crippen LogP contribution in [0.2, 0.25) is 5.02 Å². The van der Waals surface area contributed by atoms with Gasteiger partial charge in [0.2, 0.25) is 0 Å². The third kappa shape index (κ3) is 8.57. The van der Waals surface area contributed by atoms with Gasteiger partial charge in [-0.25, -0.2) is 0 Å². The Bertz CT molecular complexity index is 583. The maximum Gasteiger partial charge on any atom is 0.264 e. The summed E-state index contributed by atoms with van der Waals surface area (Å²) in [4.78, 5) is 0. The number of hydrogen-bond donors (Lipinski definition) is 1. The van der Waals surface area contributed by atoms with Gasteiger partial charge in [-0.05, 0) is 36.0 Å². The van der Waals surface area contributed by atoms with Gasteiger partial charge in [-0.3, -0.25) is 4.55 Å². The second-order valence-corrected chi connectivity index (χ2v) is 8.67. The van der Waals surface area contributed by atoms with Crippen LogP contribution in [0.5, 0.6) is 0 Å². The van der Waals surface area contributed by atoms with Gasteiger partial charge in [0, 0.05) is 10.9 Å². The summed E-state index contributed by atoms with van der Waals surface area (Å²) in [5, 5.41) is 0.702. The minimum Gasteiger partial charge on any atom is -0.286 e. The Morgan fingerprint density at radius 2 is 1.77 bits per heavy atom. The minimum absolute atomic E-state index is 0.0963. The summed E-state index contributed by atoms with van der Waals surface area (Å²) in [5.74, 6) is 0.0430. The highest BCUT2D eigenvalue weighted by Gasteiger charge is 2.12. The van der Waals surface area contributed by atoms with Crippen LogP contribution < -0.4 is 0 Å². The molecule has 0 aliphatic heterocycles. The van der Waals surface area contributed by atoms with Gasteiger partial charge < -0.3 is 0 Å². The van der Waals surface area contributed by atoms with E-state index in [2.05, 4.69) is 32.9 Å². The average molecular weight is 345 g/mol. The zero-order valence-electron chi connectivity index (χ0n) is 13.4. The number of hydrogen-bond acceptors (Lipinski definition) is 2. The van der Waals surface area contributed by atoms with Gasteiger partial charge in [-0.2, -0.15) is 8.42 Å². The van der Waals surface area contributed by atoms with E-state index in [0.717, 1.165) is 18.4 Å². The third-order valence-corrected chi connectivity index (χ3v) is 4.35. The van der Waals surface area contributed by atoms with Crippen LogP contribution in [-0.4, -0.2) is 18.7 Å². The molecule has 1 N–H and O–H groups in total. The molecular weight excluding hydrogens is 320 g/mol. The van der Waals surface area contributed by atoms with Gasteiger partial charge in [-0.1, -0.05) is 63.1 Å². The quantitative estimate of drug-likeness (QED) is 0.426. The Balaban J connectivity index is 2.74. The van der Waals surface area contributed by atoms with Gasteiger partial charge in [-0.15, -0.1) is 0 Å². The summed E-state index contributed by atoms with van der Waals surface area (Å²) in [5.41, 5.74) is 1.26. The molecule has 5 heteroatoms. The molecule has 0 saturated carbocycles. The fourth-order valence-corrected chi connectivity index (χ4v) is 2.83. The smallest absolute Gasteiger partial charge is 0.264 e. The van der Waals surface area contributed by atoms with Crippen LogP contribution in [0, 0.1) is 5.41 Å². The van der Waals surface area contributed by atoms with Crippen molar-refractivity contribution < 1.29 is 13.0 Å². The molecule has 3 nitrogen and oxygen atoms in total. The molecule has 0 amide bonds. The SMILES string of the molecule is CC(C)(C)/C=C/[C@@H](CCCCS(=O)(=O)O)c1ccc(Cl)cc1. The molecule has 0 heterocycles. The molecule has 0 bridgehead atoms. The summed E-state index contributed by atoms with van der Waals surface area (Å²) in [6.45, 7) is 6.42. The molecule has 1 atom stereocenters. The van der Waals surface area contributed by atoms with Crippen LogP contribution in [0.1, 0.15) is 51.5 Å². The topological polar surface area (TPSA) is 54.4 Å². The summed E-state index contributed by atoms with van der Waals surface area (Å²) in [6.07, 6.45) is 6.39. The van der Waals surface area contributed by atoms with Gasteiger partial charge >= 0.3 is 0 Å². The van der Waals surface area contributed by atoms with E-state index in [4.69, 9.17) is 16.2 Å². The molecule has 0 aliphatic carbocycles. The third-order valence-electron chi connectivity index (χ3n) is 3.29. The molecule has 1 aromatic rings. The van der Waals surface area contributed by atoms with E-state index in [1.54, 1.807) is 0 Å². The van der Waals surface area contributed by atoms with Crippen LogP contribution >= 0.6 is 11.6 Å². The van der Waals surface area contributed by atoms with Crippen LogP contribution in [0.15, 0.2) is 36.4 Å². The van der Waals surface area contributed by atoms with Crippen LogP contribution in [-0.2, 0) is 10.1 Å². The maximum atomic E-state index is 10.8. The summed E-state index contributed by atoms with van der Waals surface area (Å²) < 4.78 is 30.3. The van der Waals surface area contributed by atoms with Crippen molar-refractivity contribution in [1.29, 1.82) is 0 Å². The van der Waals surface area contributed by atoms with Crippen molar-refractivity contribution in [2.45, 2.75) is 46.0 Å². The fraction of sp³-hybridized carbons (Fsp3) is 0.529. The molecule has 0 spiro atoms. The van der Waals surface area contributed by atoms with Crippen molar-refractivity contribution in [3.63, 3.8) is 0 Å². The molecule has 22 heavy (non-hydrogen) atoms. The Morgan fingerprint density at radius 3 is 2.27 bits per heavy atom. The van der Waals surface area contributed by atoms with E-state index in [1.807, 2.05) is 24.3 Å². The minimum atomic E-state index is -3.86. The number of benzene rings is 1. The highest BCUT2D eigenvalue weighted by Crippen LogP contribution is 2.27. The number of halogens is 1. The molecule has 0 aliphatic rings. The first-order valence-electron chi connectivity index (χ1n) is 7.47. The lowest BCUT2D eigenvalue weighted by Gasteiger charge is -2.17. The number of rotatable bonds is 7. The first-order valence-corrected chi connectivity index (χ1v) is 9.45. The monoisotopic (exact) mass is 344 g/mol. The Hall–Kier alpha value is -0.840. The number of allylic oxidation sites excluding steroid dienone is 2. The molecule has 0 fully saturated rings. The van der Waals surface area contributed by atoms with Crippen molar-refractivity contribution in [3.05, 3.63) is 47.0 Å². The lowest BCUT2D eigenvalue weighted by atomic mass is 9.89. The zero-order chi connectivity index (χ0) is 16.8. The predicted octanol–water partition coefficient (Wildman–Crippen LogP) is 5.08. The second-order valence-electron chi connectivity index (χ2n) is 6.67. The largest absolute Gasteiger partial charge is 0.286 e. The van der Waals surface area contributed by atoms with E-state index < -0.39 is 10.1 Å². The highest BCUT2D eigenvalue weighted by molar-refractivity contribution is 7.85. The summed E-state index contributed by atoms with van der Waals surface area (Å²) in [7, 11) is -3.86. The molecule has 1 rings (SSSR count). The normalized spacial score (nSPS) is 14.4. The lowest BCUT2D eigenvalue weighted by molar-refractivity contribution is 0.479. The standard InChI is InChI=1S/C17H25ClO3S/c1-17(2,3)12-11-14(6-4-5-13-22(19,20)21)15-7-9-16(18)10-8-15/h7-12,14H,4-6,13H2,1-3H3,(H,19,20,21)/b12-11+/t14-/m1/s1. The van der Waals surface area contributed by atoms with Gasteiger partial charge in [0.15, 0.2) is 0 Å². The van der Waals surface area contributed by atoms with Gasteiger partial charge in [0.1, 0.15) is 0 Å². The Kier molecular flexibility index (Phi) is 7.10. The Morgan fingerprint density at radius 1 is 1.18 bits per heavy atom. The van der Waals surface area contributed by atoms with Crippen molar-refractivity contribution in [3.8, 4) is 0 Å². The first kappa shape index (κ1) is 19.2. The molecule has 0 radical (unpaired) electrons. The number of unbranched alkanes of at least 4 members (excludes halogenated alkanes) is 1. The van der Waals surface area contributed by atoms with E-state index in [1.165, 1.54) is 0 Å². The second kappa shape index (κ2) is 8.14. The molecular formula is C17H25ClO3S. The average Bonchev–Trinajstić information content (AvgIpc) is 2.37. The maximum absolute atomic E-state index is 10.8. The van der Waals surface area contributed by atoms with Crippen molar-refractivity contribution in [2.24, 2.45) is 5.41 Å². The van der Waals surface area contributed by atoms with E-state index in [0.29, 0.717) is 11.4 Å². The highest BCUT2D eigenvalue weighted by atomic mass is 35.5. The Labute approximate surface area is 139 Å². The summed E-state index contributed by atoms with van der Waals surface area (Å²) in [6, 6.07) is 7.74. The van der Waals surface area contributed by atoms with Crippen LogP contribution in [0.3, 0.4) is 0 Å².